The van der Waals surface area contributed by atoms with Crippen LogP contribution in [0.2, 0.25) is 0 Å². The minimum Gasteiger partial charge on any atom is -0.133 e. The summed E-state index contributed by atoms with van der Waals surface area (Å²) in [6, 6.07) is 0. The number of hydrogen-bond acceptors (Lipinski definition) is 0. The van der Waals surface area contributed by atoms with Crippen molar-refractivity contribution in [3.63, 3.8) is 0 Å². The first-order valence-corrected chi connectivity index (χ1v) is 9.00. The fourth-order valence-corrected chi connectivity index (χ4v) is 2.78. The van der Waals surface area contributed by atoms with Crippen molar-refractivity contribution >= 4 is 0 Å². The highest BCUT2D eigenvalue weighted by atomic mass is 14.1. The fourth-order valence-electron chi connectivity index (χ4n) is 2.78. The van der Waals surface area contributed by atoms with Gasteiger partial charge in [0.25, 0.3) is 0 Å². The van der Waals surface area contributed by atoms with Crippen molar-refractivity contribution in [2.45, 2.75) is 96.8 Å². The van der Waals surface area contributed by atoms with Gasteiger partial charge in [-0.05, 0) is 24.8 Å². The normalized spacial score (nSPS) is 12.1. The van der Waals surface area contributed by atoms with Gasteiger partial charge in [-0.2, -0.15) is 0 Å². The number of allylic oxidation sites excluding steroid dienone is 1. The first kappa shape index (κ1) is 19.5. The van der Waals surface area contributed by atoms with Crippen molar-refractivity contribution in [1.29, 1.82) is 0 Å². The van der Waals surface area contributed by atoms with Crippen molar-refractivity contribution in [2.24, 2.45) is 5.92 Å². The van der Waals surface area contributed by atoms with Crippen LogP contribution in [0, 0.1) is 12.8 Å². The van der Waals surface area contributed by atoms with Gasteiger partial charge in [-0.1, -0.05) is 97.5 Å². The van der Waals surface area contributed by atoms with E-state index in [-0.39, 0.29) is 0 Å². The molecule has 0 saturated carbocycles. The van der Waals surface area contributed by atoms with E-state index in [4.69, 9.17) is 0 Å². The zero-order chi connectivity index (χ0) is 14.9. The smallest absolute Gasteiger partial charge is 0.0158 e. The molecular weight excluding hydrogens is 240 g/mol. The van der Waals surface area contributed by atoms with E-state index in [9.17, 15) is 0 Å². The van der Waals surface area contributed by atoms with E-state index in [1.165, 1.54) is 83.5 Å². The maximum Gasteiger partial charge on any atom is -0.0158 e. The van der Waals surface area contributed by atoms with Crippen LogP contribution in [0.3, 0.4) is 0 Å². The van der Waals surface area contributed by atoms with Gasteiger partial charge in [0.2, 0.25) is 0 Å². The summed E-state index contributed by atoms with van der Waals surface area (Å²) >= 11 is 0. The molecule has 0 rings (SSSR count). The van der Waals surface area contributed by atoms with Gasteiger partial charge in [-0.15, -0.1) is 5.73 Å². The van der Waals surface area contributed by atoms with Crippen LogP contribution in [0.25, 0.3) is 0 Å². The van der Waals surface area contributed by atoms with Crippen LogP contribution in [0.4, 0.5) is 0 Å². The fraction of sp³-hybridized carbons (Fsp3) is 0.800. The molecule has 0 heteroatoms. The number of rotatable bonds is 15. The van der Waals surface area contributed by atoms with Gasteiger partial charge in [0.1, 0.15) is 0 Å². The van der Waals surface area contributed by atoms with Gasteiger partial charge >= 0.3 is 0 Å². The third kappa shape index (κ3) is 13.9. The van der Waals surface area contributed by atoms with Crippen LogP contribution >= 0.6 is 0 Å². The maximum atomic E-state index is 3.89. The lowest BCUT2D eigenvalue weighted by Gasteiger charge is -2.11. The quantitative estimate of drug-likeness (QED) is 0.218. The largest absolute Gasteiger partial charge is 0.133 e. The van der Waals surface area contributed by atoms with Crippen molar-refractivity contribution in [3.05, 3.63) is 25.3 Å². The second kappa shape index (κ2) is 16.6. The molecule has 0 fully saturated rings. The SMILES string of the molecule is [CH2]CCCCCCCCCCC(C=C=C)CCCCC. The summed E-state index contributed by atoms with van der Waals surface area (Å²) in [5.74, 6) is 0.733. The Hall–Kier alpha value is -0.480. The van der Waals surface area contributed by atoms with Crippen molar-refractivity contribution in [2.75, 3.05) is 0 Å². The third-order valence-corrected chi connectivity index (χ3v) is 4.11. The Labute approximate surface area is 128 Å². The Morgan fingerprint density at radius 3 is 1.80 bits per heavy atom. The maximum absolute atomic E-state index is 3.89. The molecule has 0 nitrogen and oxygen atoms in total. The molecule has 0 aromatic rings. The van der Waals surface area contributed by atoms with Gasteiger partial charge in [-0.25, -0.2) is 0 Å². The summed E-state index contributed by atoms with van der Waals surface area (Å²) in [5, 5.41) is 0. The summed E-state index contributed by atoms with van der Waals surface area (Å²) < 4.78 is 0. The lowest BCUT2D eigenvalue weighted by Crippen LogP contribution is -1.96. The highest BCUT2D eigenvalue weighted by molar-refractivity contribution is 4.84. The molecule has 0 amide bonds. The zero-order valence-corrected chi connectivity index (χ0v) is 14.0. The second-order valence-electron chi connectivity index (χ2n) is 6.10. The molecule has 1 atom stereocenters. The monoisotopic (exact) mass is 277 g/mol. The predicted octanol–water partition coefficient (Wildman–Crippen LogP) is 7.26. The van der Waals surface area contributed by atoms with Crippen molar-refractivity contribution in [1.82, 2.24) is 0 Å². The van der Waals surface area contributed by atoms with Crippen LogP contribution in [0.5, 0.6) is 0 Å². The van der Waals surface area contributed by atoms with Gasteiger partial charge in [0.15, 0.2) is 0 Å². The average molecular weight is 278 g/mol. The lowest BCUT2D eigenvalue weighted by atomic mass is 9.94. The van der Waals surface area contributed by atoms with E-state index in [2.05, 4.69) is 32.2 Å². The molecule has 0 aliphatic carbocycles. The van der Waals surface area contributed by atoms with Gasteiger partial charge in [-0.3, -0.25) is 0 Å². The van der Waals surface area contributed by atoms with E-state index < -0.39 is 0 Å². The summed E-state index contributed by atoms with van der Waals surface area (Å²) in [5.41, 5.74) is 3.00. The van der Waals surface area contributed by atoms with E-state index in [0.717, 1.165) is 12.3 Å². The Morgan fingerprint density at radius 1 is 0.800 bits per heavy atom. The average Bonchev–Trinajstić information content (AvgIpc) is 2.45. The third-order valence-electron chi connectivity index (χ3n) is 4.11. The highest BCUT2D eigenvalue weighted by Crippen LogP contribution is 2.19. The van der Waals surface area contributed by atoms with E-state index in [0.29, 0.717) is 0 Å². The van der Waals surface area contributed by atoms with Crippen LogP contribution < -0.4 is 0 Å². The van der Waals surface area contributed by atoms with Crippen molar-refractivity contribution in [3.8, 4) is 0 Å². The molecule has 117 valence electrons. The zero-order valence-electron chi connectivity index (χ0n) is 14.0. The molecule has 0 bridgehead atoms. The van der Waals surface area contributed by atoms with Crippen LogP contribution in [0.1, 0.15) is 96.8 Å². The van der Waals surface area contributed by atoms with Crippen LogP contribution in [-0.4, -0.2) is 0 Å². The Bertz CT molecular complexity index is 222. The molecule has 0 saturated heterocycles. The molecule has 20 heavy (non-hydrogen) atoms. The molecule has 0 spiro atoms. The van der Waals surface area contributed by atoms with Crippen LogP contribution in [-0.2, 0) is 0 Å². The molecule has 0 aliphatic heterocycles. The minimum atomic E-state index is 0.733. The minimum absolute atomic E-state index is 0.733. The van der Waals surface area contributed by atoms with Gasteiger partial charge in [0, 0.05) is 0 Å². The summed E-state index contributed by atoms with van der Waals surface area (Å²) in [6.07, 6.45) is 21.2. The van der Waals surface area contributed by atoms with Gasteiger partial charge in [0.05, 0.1) is 0 Å². The van der Waals surface area contributed by atoms with Gasteiger partial charge < -0.3 is 0 Å². The standard InChI is InChI=1S/C20H37/c1-4-7-9-10-11-12-13-14-16-19-20(17-6-3)18-15-8-5-2/h17,20H,1,3-5,7-16,18-19H2,2H3. The number of unbranched alkanes of at least 4 members (excludes halogenated alkanes) is 10. The highest BCUT2D eigenvalue weighted by Gasteiger charge is 2.04. The Kier molecular flexibility index (Phi) is 16.2. The number of hydrogen-bond donors (Lipinski definition) is 0. The first-order chi connectivity index (χ1) is 9.85. The molecule has 0 heterocycles. The van der Waals surface area contributed by atoms with E-state index in [1.54, 1.807) is 0 Å². The molecule has 0 aliphatic rings. The topological polar surface area (TPSA) is 0 Å². The Balaban J connectivity index is 3.41. The van der Waals surface area contributed by atoms with E-state index >= 15 is 0 Å². The van der Waals surface area contributed by atoms with Crippen molar-refractivity contribution < 1.29 is 0 Å². The Morgan fingerprint density at radius 2 is 1.30 bits per heavy atom. The first-order valence-electron chi connectivity index (χ1n) is 9.00. The second-order valence-corrected chi connectivity index (χ2v) is 6.10. The summed E-state index contributed by atoms with van der Waals surface area (Å²) in [4.78, 5) is 0. The lowest BCUT2D eigenvalue weighted by molar-refractivity contribution is 0.471. The van der Waals surface area contributed by atoms with E-state index in [1.807, 2.05) is 0 Å². The molecule has 0 N–H and O–H groups in total. The summed E-state index contributed by atoms with van der Waals surface area (Å²) in [6.45, 7) is 9.90. The summed E-state index contributed by atoms with van der Waals surface area (Å²) in [7, 11) is 0. The molecule has 0 aromatic heterocycles. The molecular formula is C20H37. The molecule has 1 radical (unpaired) electrons. The molecule has 0 aromatic carbocycles. The van der Waals surface area contributed by atoms with Crippen LogP contribution in [0.15, 0.2) is 18.4 Å². The molecule has 1 unspecified atom stereocenters. The predicted molar refractivity (Wildman–Crippen MR) is 92.9 cm³/mol.